The first-order valence-corrected chi connectivity index (χ1v) is 8.47. The first-order chi connectivity index (χ1) is 12.1. The van der Waals surface area contributed by atoms with E-state index in [2.05, 4.69) is 15.8 Å². The lowest BCUT2D eigenvalue weighted by Crippen LogP contribution is -2.33. The average Bonchev–Trinajstić information content (AvgIpc) is 3.07. The summed E-state index contributed by atoms with van der Waals surface area (Å²) in [5.41, 5.74) is 3.57. The Morgan fingerprint density at radius 1 is 1.32 bits per heavy atom. The van der Waals surface area contributed by atoms with E-state index in [-0.39, 0.29) is 18.5 Å². The maximum Gasteiger partial charge on any atom is 0.319 e. The fourth-order valence-electron chi connectivity index (χ4n) is 2.95. The zero-order valence-corrected chi connectivity index (χ0v) is 14.5. The monoisotopic (exact) mass is 342 g/mol. The number of benzene rings is 1. The van der Waals surface area contributed by atoms with Crippen LogP contribution >= 0.6 is 0 Å². The van der Waals surface area contributed by atoms with Crippen molar-refractivity contribution < 1.29 is 14.1 Å². The van der Waals surface area contributed by atoms with Gasteiger partial charge in [0.2, 0.25) is 5.91 Å². The van der Waals surface area contributed by atoms with Crippen molar-refractivity contribution in [1.82, 2.24) is 10.5 Å². The van der Waals surface area contributed by atoms with Gasteiger partial charge in [0.15, 0.2) is 5.76 Å². The average molecular weight is 342 g/mol. The minimum atomic E-state index is -0.311. The molecule has 0 saturated heterocycles. The Labute approximate surface area is 146 Å². The number of fused-ring (bicyclic) bond motifs is 1. The molecule has 0 spiro atoms. The van der Waals surface area contributed by atoms with E-state index in [4.69, 9.17) is 4.52 Å². The molecule has 0 radical (unpaired) electrons. The van der Waals surface area contributed by atoms with Gasteiger partial charge in [0.05, 0.1) is 12.2 Å². The van der Waals surface area contributed by atoms with Crippen LogP contribution in [0.2, 0.25) is 0 Å². The highest BCUT2D eigenvalue weighted by molar-refractivity contribution is 5.94. The number of amides is 3. The summed E-state index contributed by atoms with van der Waals surface area (Å²) in [6, 6.07) is 7.13. The Bertz CT molecular complexity index is 784. The Hall–Kier alpha value is -2.83. The highest BCUT2D eigenvalue weighted by atomic mass is 16.5. The zero-order valence-electron chi connectivity index (χ0n) is 14.5. The van der Waals surface area contributed by atoms with Crippen molar-refractivity contribution in [2.24, 2.45) is 0 Å². The fourth-order valence-corrected chi connectivity index (χ4v) is 2.95. The predicted octanol–water partition coefficient (Wildman–Crippen LogP) is 2.86. The van der Waals surface area contributed by atoms with E-state index in [9.17, 15) is 9.59 Å². The second kappa shape index (κ2) is 7.38. The molecule has 0 bridgehead atoms. The van der Waals surface area contributed by atoms with Gasteiger partial charge >= 0.3 is 6.03 Å². The highest BCUT2D eigenvalue weighted by Gasteiger charge is 2.20. The molecule has 0 unspecified atom stereocenters. The molecule has 0 atom stereocenters. The van der Waals surface area contributed by atoms with Gasteiger partial charge in [0.1, 0.15) is 0 Å². The standard InChI is InChI=1S/C18H22N4O3/c1-3-14-10-16(25-21-14)11-19-18(24)20-15-6-7-17-13(9-15)5-4-8-22(17)12(2)23/h6-7,9-10H,3-5,8,11H2,1-2H3,(H2,19,20,24). The molecule has 2 heterocycles. The van der Waals surface area contributed by atoms with Gasteiger partial charge in [0, 0.05) is 30.9 Å². The summed E-state index contributed by atoms with van der Waals surface area (Å²) in [6.45, 7) is 4.58. The van der Waals surface area contributed by atoms with Crippen molar-refractivity contribution in [3.8, 4) is 0 Å². The molecule has 25 heavy (non-hydrogen) atoms. The summed E-state index contributed by atoms with van der Waals surface area (Å²) in [5, 5.41) is 9.44. The van der Waals surface area contributed by atoms with Crippen molar-refractivity contribution in [2.45, 2.75) is 39.7 Å². The maximum absolute atomic E-state index is 12.1. The van der Waals surface area contributed by atoms with Crippen LogP contribution in [0.3, 0.4) is 0 Å². The zero-order chi connectivity index (χ0) is 17.8. The van der Waals surface area contributed by atoms with E-state index >= 15 is 0 Å². The van der Waals surface area contributed by atoms with Crippen molar-refractivity contribution >= 4 is 23.3 Å². The van der Waals surface area contributed by atoms with E-state index < -0.39 is 0 Å². The van der Waals surface area contributed by atoms with Crippen LogP contribution in [0.15, 0.2) is 28.8 Å². The lowest BCUT2D eigenvalue weighted by atomic mass is 10.0. The number of hydrogen-bond acceptors (Lipinski definition) is 4. The number of aryl methyl sites for hydroxylation is 2. The van der Waals surface area contributed by atoms with Crippen LogP contribution in [-0.4, -0.2) is 23.6 Å². The van der Waals surface area contributed by atoms with Gasteiger partial charge in [-0.05, 0) is 43.0 Å². The van der Waals surface area contributed by atoms with Gasteiger partial charge in [-0.2, -0.15) is 0 Å². The molecule has 1 aromatic carbocycles. The van der Waals surface area contributed by atoms with Gasteiger partial charge < -0.3 is 20.1 Å². The first-order valence-electron chi connectivity index (χ1n) is 8.47. The molecule has 7 heteroatoms. The molecule has 3 amide bonds. The topological polar surface area (TPSA) is 87.5 Å². The Balaban J connectivity index is 1.61. The van der Waals surface area contributed by atoms with Crippen LogP contribution in [-0.2, 0) is 24.2 Å². The van der Waals surface area contributed by atoms with E-state index in [0.717, 1.165) is 42.8 Å². The summed E-state index contributed by atoms with van der Waals surface area (Å²) >= 11 is 0. The van der Waals surface area contributed by atoms with Gasteiger partial charge in [-0.15, -0.1) is 0 Å². The summed E-state index contributed by atoms with van der Waals surface area (Å²) < 4.78 is 5.13. The second-order valence-electron chi connectivity index (χ2n) is 6.06. The fraction of sp³-hybridized carbons (Fsp3) is 0.389. The van der Waals surface area contributed by atoms with E-state index in [1.165, 1.54) is 0 Å². The SMILES string of the molecule is CCc1cc(CNC(=O)Nc2ccc3c(c2)CCCN3C(C)=O)on1. The minimum Gasteiger partial charge on any atom is -0.359 e. The van der Waals surface area contributed by atoms with E-state index in [1.807, 2.05) is 31.2 Å². The molecular formula is C18H22N4O3. The number of nitrogens with one attached hydrogen (secondary N) is 2. The van der Waals surface area contributed by atoms with Crippen LogP contribution < -0.4 is 15.5 Å². The molecule has 0 saturated carbocycles. The number of anilines is 2. The van der Waals surface area contributed by atoms with Crippen LogP contribution in [0.5, 0.6) is 0 Å². The van der Waals surface area contributed by atoms with Crippen molar-refractivity contribution in [2.75, 3.05) is 16.8 Å². The van der Waals surface area contributed by atoms with E-state index in [1.54, 1.807) is 11.8 Å². The molecular weight excluding hydrogens is 320 g/mol. The number of aromatic nitrogens is 1. The number of urea groups is 1. The molecule has 132 valence electrons. The van der Waals surface area contributed by atoms with Crippen molar-refractivity contribution in [3.05, 3.63) is 41.3 Å². The van der Waals surface area contributed by atoms with Gasteiger partial charge in [-0.1, -0.05) is 12.1 Å². The molecule has 7 nitrogen and oxygen atoms in total. The minimum absolute atomic E-state index is 0.0397. The third-order valence-electron chi connectivity index (χ3n) is 4.23. The lowest BCUT2D eigenvalue weighted by molar-refractivity contribution is -0.116. The molecule has 2 N–H and O–H groups in total. The van der Waals surface area contributed by atoms with Crippen LogP contribution in [0.4, 0.5) is 16.2 Å². The Morgan fingerprint density at radius 3 is 2.88 bits per heavy atom. The van der Waals surface area contributed by atoms with Crippen LogP contribution in [0.25, 0.3) is 0 Å². The smallest absolute Gasteiger partial charge is 0.319 e. The molecule has 1 aliphatic rings. The van der Waals surface area contributed by atoms with Crippen LogP contribution in [0, 0.1) is 0 Å². The summed E-state index contributed by atoms with van der Waals surface area (Å²) in [6.07, 6.45) is 2.61. The first kappa shape index (κ1) is 17.0. The quantitative estimate of drug-likeness (QED) is 0.894. The van der Waals surface area contributed by atoms with Gasteiger partial charge in [-0.3, -0.25) is 4.79 Å². The third-order valence-corrected chi connectivity index (χ3v) is 4.23. The third kappa shape index (κ3) is 3.99. The van der Waals surface area contributed by atoms with Gasteiger partial charge in [-0.25, -0.2) is 4.79 Å². The second-order valence-corrected chi connectivity index (χ2v) is 6.06. The lowest BCUT2D eigenvalue weighted by Gasteiger charge is -2.28. The van der Waals surface area contributed by atoms with E-state index in [0.29, 0.717) is 11.4 Å². The number of carbonyl (C=O) groups is 2. The summed E-state index contributed by atoms with van der Waals surface area (Å²) in [5.74, 6) is 0.660. The maximum atomic E-state index is 12.1. The molecule has 2 aromatic rings. The largest absolute Gasteiger partial charge is 0.359 e. The summed E-state index contributed by atoms with van der Waals surface area (Å²) in [7, 11) is 0. The van der Waals surface area contributed by atoms with Crippen LogP contribution in [0.1, 0.15) is 37.3 Å². The predicted molar refractivity (Wildman–Crippen MR) is 94.5 cm³/mol. The van der Waals surface area contributed by atoms with Crippen molar-refractivity contribution in [1.29, 1.82) is 0 Å². The summed E-state index contributed by atoms with van der Waals surface area (Å²) in [4.78, 5) is 25.5. The molecule has 0 aliphatic carbocycles. The van der Waals surface area contributed by atoms with Gasteiger partial charge in [0.25, 0.3) is 0 Å². The van der Waals surface area contributed by atoms with Crippen molar-refractivity contribution in [3.63, 3.8) is 0 Å². The Kier molecular flexibility index (Phi) is 5.02. The Morgan fingerprint density at radius 2 is 2.16 bits per heavy atom. The normalized spacial score (nSPS) is 13.3. The highest BCUT2D eigenvalue weighted by Crippen LogP contribution is 2.29. The number of rotatable bonds is 4. The molecule has 1 aromatic heterocycles. The number of hydrogen-bond donors (Lipinski definition) is 2. The number of carbonyl (C=O) groups excluding carboxylic acids is 2. The molecule has 1 aliphatic heterocycles. The molecule has 3 rings (SSSR count). The number of nitrogens with zero attached hydrogens (tertiary/aromatic N) is 2. The molecule has 0 fully saturated rings.